The topological polar surface area (TPSA) is 90.3 Å². The fourth-order valence-electron chi connectivity index (χ4n) is 7.65. The SMILES string of the molecule is CCC[C@H]1C[C@@H]2C(=O)N(C3CCN(Cc4ccccc4)CC3)C(=O)[C@@H]2[C@@H]2C[C@@H](c3ccc(O)c(F)c3)O[C@]12O. The molecule has 1 aliphatic carbocycles. The monoisotopic (exact) mass is 536 g/mol. The molecule has 6 rings (SSSR count). The highest BCUT2D eigenvalue weighted by molar-refractivity contribution is 6.05. The maximum Gasteiger partial charge on any atom is 0.233 e. The number of piperidine rings is 1. The van der Waals surface area contributed by atoms with Crippen molar-refractivity contribution >= 4 is 11.8 Å². The van der Waals surface area contributed by atoms with Gasteiger partial charge < -0.3 is 14.9 Å². The number of carbonyl (C=O) groups is 2. The van der Waals surface area contributed by atoms with Crippen LogP contribution in [0.5, 0.6) is 5.75 Å². The average Bonchev–Trinajstić information content (AvgIpc) is 3.41. The van der Waals surface area contributed by atoms with Crippen molar-refractivity contribution in [1.82, 2.24) is 9.80 Å². The van der Waals surface area contributed by atoms with Gasteiger partial charge in [0.05, 0.1) is 17.9 Å². The van der Waals surface area contributed by atoms with Crippen molar-refractivity contribution in [2.45, 2.75) is 69.9 Å². The molecular weight excluding hydrogens is 499 g/mol. The first-order chi connectivity index (χ1) is 18.8. The van der Waals surface area contributed by atoms with Gasteiger partial charge >= 0.3 is 0 Å². The molecule has 0 aromatic heterocycles. The van der Waals surface area contributed by atoms with Crippen molar-refractivity contribution in [1.29, 1.82) is 0 Å². The predicted octanol–water partition coefficient (Wildman–Crippen LogP) is 4.38. The van der Waals surface area contributed by atoms with Gasteiger partial charge in [-0.2, -0.15) is 0 Å². The van der Waals surface area contributed by atoms with Crippen molar-refractivity contribution in [3.8, 4) is 5.75 Å². The molecule has 0 unspecified atom stereocenters. The van der Waals surface area contributed by atoms with Crippen LogP contribution in [0.25, 0.3) is 0 Å². The van der Waals surface area contributed by atoms with Gasteiger partial charge in [-0.1, -0.05) is 49.7 Å². The summed E-state index contributed by atoms with van der Waals surface area (Å²) in [5, 5.41) is 21.6. The number of phenols is 1. The summed E-state index contributed by atoms with van der Waals surface area (Å²) in [6.07, 6.45) is 3.08. The summed E-state index contributed by atoms with van der Waals surface area (Å²) in [7, 11) is 0. The third-order valence-electron chi connectivity index (χ3n) is 9.55. The number of aromatic hydroxyl groups is 1. The summed E-state index contributed by atoms with van der Waals surface area (Å²) >= 11 is 0. The molecule has 39 heavy (non-hydrogen) atoms. The molecule has 6 atom stereocenters. The maximum atomic E-state index is 14.2. The lowest BCUT2D eigenvalue weighted by Gasteiger charge is -2.44. The number of hydrogen-bond donors (Lipinski definition) is 2. The number of aliphatic hydroxyl groups is 1. The minimum Gasteiger partial charge on any atom is -0.505 e. The Labute approximate surface area is 228 Å². The maximum absolute atomic E-state index is 14.2. The van der Waals surface area contributed by atoms with Crippen LogP contribution in [0.3, 0.4) is 0 Å². The Hall–Kier alpha value is -2.81. The van der Waals surface area contributed by atoms with Crippen LogP contribution in [0.2, 0.25) is 0 Å². The summed E-state index contributed by atoms with van der Waals surface area (Å²) in [6, 6.07) is 14.3. The van der Waals surface area contributed by atoms with E-state index >= 15 is 0 Å². The number of imide groups is 1. The lowest BCUT2D eigenvalue weighted by Crippen LogP contribution is -2.53. The molecule has 2 N–H and O–H groups in total. The van der Waals surface area contributed by atoms with Crippen molar-refractivity contribution in [3.63, 3.8) is 0 Å². The van der Waals surface area contributed by atoms with Crippen LogP contribution in [0.1, 0.15) is 62.7 Å². The van der Waals surface area contributed by atoms with E-state index in [1.54, 1.807) is 6.07 Å². The third kappa shape index (κ3) is 4.56. The first-order valence-corrected chi connectivity index (χ1v) is 14.3. The van der Waals surface area contributed by atoms with Gasteiger partial charge in [-0.25, -0.2) is 4.39 Å². The number of nitrogens with zero attached hydrogens (tertiary/aromatic N) is 2. The Morgan fingerprint density at radius 1 is 1.05 bits per heavy atom. The first-order valence-electron chi connectivity index (χ1n) is 14.3. The standard InChI is InChI=1S/C31H37FN2O5/c1-2-6-21-16-23-28(24-17-27(39-31(21,24)38)20-9-10-26(35)25(32)15-20)30(37)34(29(23)36)22-11-13-33(14-12-22)18-19-7-4-3-5-8-19/h3-5,7-10,15,21-24,27-28,35,38H,2,6,11-14,16-18H2,1H3/t21-,23-,24-,27-,28-,31+/m0/s1. The number of benzene rings is 2. The number of fused-ring (bicyclic) bond motifs is 3. The average molecular weight is 537 g/mol. The quantitative estimate of drug-likeness (QED) is 0.533. The summed E-state index contributed by atoms with van der Waals surface area (Å²) in [5.74, 6) is -4.97. The molecule has 2 aromatic carbocycles. The number of rotatable bonds is 6. The van der Waals surface area contributed by atoms with Crippen LogP contribution in [-0.2, 0) is 20.9 Å². The van der Waals surface area contributed by atoms with Gasteiger partial charge in [-0.15, -0.1) is 0 Å². The van der Waals surface area contributed by atoms with Crippen LogP contribution in [0, 0.1) is 29.5 Å². The zero-order chi connectivity index (χ0) is 27.3. The van der Waals surface area contributed by atoms with Gasteiger partial charge in [0.1, 0.15) is 0 Å². The van der Waals surface area contributed by atoms with Crippen LogP contribution in [-0.4, -0.2) is 56.7 Å². The van der Waals surface area contributed by atoms with E-state index in [0.717, 1.165) is 38.9 Å². The van der Waals surface area contributed by atoms with E-state index in [2.05, 4.69) is 17.0 Å². The van der Waals surface area contributed by atoms with Crippen molar-refractivity contribution < 1.29 is 28.9 Å². The largest absolute Gasteiger partial charge is 0.505 e. The molecule has 3 aliphatic heterocycles. The van der Waals surface area contributed by atoms with E-state index in [4.69, 9.17) is 4.74 Å². The van der Waals surface area contributed by atoms with Crippen molar-refractivity contribution in [3.05, 3.63) is 65.5 Å². The van der Waals surface area contributed by atoms with Gasteiger partial charge in [0.15, 0.2) is 17.4 Å². The highest BCUT2D eigenvalue weighted by Crippen LogP contribution is 2.59. The third-order valence-corrected chi connectivity index (χ3v) is 9.55. The van der Waals surface area contributed by atoms with Gasteiger partial charge in [-0.05, 0) is 55.4 Å². The number of phenolic OH excluding ortho intramolecular Hbond substituents is 1. The summed E-state index contributed by atoms with van der Waals surface area (Å²) in [5.41, 5.74) is 1.76. The Kier molecular flexibility index (Phi) is 6.98. The summed E-state index contributed by atoms with van der Waals surface area (Å²) in [4.78, 5) is 31.6. The molecule has 0 bridgehead atoms. The smallest absolute Gasteiger partial charge is 0.233 e. The number of carbonyl (C=O) groups excluding carboxylic acids is 2. The molecule has 2 amide bonds. The highest BCUT2D eigenvalue weighted by atomic mass is 19.1. The van der Waals surface area contributed by atoms with Gasteiger partial charge in [0.2, 0.25) is 11.8 Å². The summed E-state index contributed by atoms with van der Waals surface area (Å²) in [6.45, 7) is 4.51. The number of ether oxygens (including phenoxy) is 1. The number of hydrogen-bond acceptors (Lipinski definition) is 6. The van der Waals surface area contributed by atoms with Crippen LogP contribution >= 0.6 is 0 Å². The normalized spacial score (nSPS) is 33.4. The second-order valence-electron chi connectivity index (χ2n) is 11.8. The molecule has 0 spiro atoms. The highest BCUT2D eigenvalue weighted by Gasteiger charge is 2.67. The van der Waals surface area contributed by atoms with E-state index < -0.39 is 41.2 Å². The minimum absolute atomic E-state index is 0.103. The molecule has 7 nitrogen and oxygen atoms in total. The lowest BCUT2D eigenvalue weighted by atomic mass is 9.63. The predicted molar refractivity (Wildman–Crippen MR) is 142 cm³/mol. The first kappa shape index (κ1) is 26.4. The number of likely N-dealkylation sites (tertiary alicyclic amines) is 2. The van der Waals surface area contributed by atoms with E-state index in [1.807, 2.05) is 25.1 Å². The molecule has 4 aliphatic rings. The molecular formula is C31H37FN2O5. The molecule has 3 saturated heterocycles. The van der Waals surface area contributed by atoms with Crippen molar-refractivity contribution in [2.75, 3.05) is 13.1 Å². The van der Waals surface area contributed by atoms with Gasteiger partial charge in [-0.3, -0.25) is 19.4 Å². The molecule has 8 heteroatoms. The van der Waals surface area contributed by atoms with Crippen LogP contribution in [0.4, 0.5) is 4.39 Å². The fourth-order valence-corrected chi connectivity index (χ4v) is 7.65. The minimum atomic E-state index is -1.55. The number of halogens is 1. The second kappa shape index (κ2) is 10.3. The van der Waals surface area contributed by atoms with E-state index in [1.165, 1.54) is 22.6 Å². The molecule has 208 valence electrons. The molecule has 4 fully saturated rings. The van der Waals surface area contributed by atoms with Crippen LogP contribution in [0.15, 0.2) is 48.5 Å². The van der Waals surface area contributed by atoms with Gasteiger partial charge in [0.25, 0.3) is 0 Å². The molecule has 3 heterocycles. The fraction of sp³-hybridized carbons (Fsp3) is 0.548. The molecule has 1 saturated carbocycles. The second-order valence-corrected chi connectivity index (χ2v) is 11.8. The Morgan fingerprint density at radius 3 is 2.49 bits per heavy atom. The Balaban J connectivity index is 1.21. The van der Waals surface area contributed by atoms with E-state index in [-0.39, 0.29) is 23.8 Å². The zero-order valence-electron chi connectivity index (χ0n) is 22.3. The Morgan fingerprint density at radius 2 is 1.79 bits per heavy atom. The number of amides is 2. The lowest BCUT2D eigenvalue weighted by molar-refractivity contribution is -0.270. The van der Waals surface area contributed by atoms with E-state index in [0.29, 0.717) is 24.8 Å². The van der Waals surface area contributed by atoms with Gasteiger partial charge in [0, 0.05) is 37.5 Å². The molecule has 2 aromatic rings. The van der Waals surface area contributed by atoms with Crippen LogP contribution < -0.4 is 0 Å². The summed E-state index contributed by atoms with van der Waals surface area (Å²) < 4.78 is 20.4. The zero-order valence-corrected chi connectivity index (χ0v) is 22.3. The Bertz CT molecular complexity index is 1230. The van der Waals surface area contributed by atoms with Crippen molar-refractivity contribution in [2.24, 2.45) is 23.7 Å². The van der Waals surface area contributed by atoms with E-state index in [9.17, 15) is 24.2 Å². The molecule has 0 radical (unpaired) electrons.